The van der Waals surface area contributed by atoms with Gasteiger partial charge in [-0.3, -0.25) is 9.59 Å². The molecule has 170 valence electrons. The lowest BCUT2D eigenvalue weighted by Gasteiger charge is -2.08. The second kappa shape index (κ2) is 12.4. The number of nitrogens with zero attached hydrogens (tertiary/aromatic N) is 2. The summed E-state index contributed by atoms with van der Waals surface area (Å²) in [4.78, 5) is 23.7. The van der Waals surface area contributed by atoms with E-state index < -0.39 is 11.8 Å². The maximum Gasteiger partial charge on any atom is 0.331 e. The Morgan fingerprint density at radius 2 is 1.22 bits per heavy atom. The van der Waals surface area contributed by atoms with Crippen molar-refractivity contribution in [2.24, 2.45) is 10.2 Å². The van der Waals surface area contributed by atoms with E-state index in [-0.39, 0.29) is 23.0 Å². The van der Waals surface area contributed by atoms with E-state index in [0.717, 1.165) is 0 Å². The van der Waals surface area contributed by atoms with Crippen LogP contribution in [-0.4, -0.2) is 47.7 Å². The molecule has 32 heavy (non-hydrogen) atoms. The smallest absolute Gasteiger partial charge is 0.331 e. The number of benzene rings is 2. The molecular weight excluding hydrogens is 646 g/mol. The Morgan fingerprint density at radius 1 is 0.844 bits per heavy atom. The first kappa shape index (κ1) is 25.6. The molecule has 0 aliphatic carbocycles. The Labute approximate surface area is 211 Å². The zero-order valence-corrected chi connectivity index (χ0v) is 21.4. The van der Waals surface area contributed by atoms with Gasteiger partial charge in [-0.1, -0.05) is 0 Å². The lowest BCUT2D eigenvalue weighted by molar-refractivity contribution is -0.139. The summed E-state index contributed by atoms with van der Waals surface area (Å²) in [5.74, 6) is -1.43. The van der Waals surface area contributed by atoms with E-state index in [1.54, 1.807) is 38.1 Å². The van der Waals surface area contributed by atoms with Crippen LogP contribution < -0.4 is 20.3 Å². The number of hydrogen-bond acceptors (Lipinski definition) is 8. The lowest BCUT2D eigenvalue weighted by atomic mass is 10.2. The largest absolute Gasteiger partial charge is 0.504 e. The molecule has 0 aliphatic heterocycles. The highest BCUT2D eigenvalue weighted by molar-refractivity contribution is 14.1. The number of ether oxygens (including phenoxy) is 2. The third kappa shape index (κ3) is 7.22. The van der Waals surface area contributed by atoms with Gasteiger partial charge in [0.1, 0.15) is 0 Å². The summed E-state index contributed by atoms with van der Waals surface area (Å²) in [7, 11) is 0. The van der Waals surface area contributed by atoms with Crippen LogP contribution in [-0.2, 0) is 9.59 Å². The van der Waals surface area contributed by atoms with Crippen molar-refractivity contribution in [1.29, 1.82) is 0 Å². The minimum atomic E-state index is -1.02. The van der Waals surface area contributed by atoms with Crippen LogP contribution in [0.2, 0.25) is 0 Å². The van der Waals surface area contributed by atoms with Crippen molar-refractivity contribution >= 4 is 69.4 Å². The van der Waals surface area contributed by atoms with E-state index in [0.29, 0.717) is 31.5 Å². The van der Waals surface area contributed by atoms with Crippen LogP contribution in [0.4, 0.5) is 0 Å². The number of aromatic hydroxyl groups is 2. The molecule has 0 aromatic heterocycles. The van der Waals surface area contributed by atoms with Gasteiger partial charge in [-0.05, 0) is 94.4 Å². The average Bonchev–Trinajstić information content (AvgIpc) is 2.75. The summed E-state index contributed by atoms with van der Waals surface area (Å²) in [6.45, 7) is 4.32. The Bertz CT molecular complexity index is 975. The maximum absolute atomic E-state index is 11.9. The summed E-state index contributed by atoms with van der Waals surface area (Å²) < 4.78 is 11.8. The predicted molar refractivity (Wildman–Crippen MR) is 135 cm³/mol. The van der Waals surface area contributed by atoms with Crippen molar-refractivity contribution in [3.63, 3.8) is 0 Å². The monoisotopic (exact) mass is 666 g/mol. The molecule has 0 aliphatic rings. The van der Waals surface area contributed by atoms with Crippen LogP contribution in [0.1, 0.15) is 25.0 Å². The van der Waals surface area contributed by atoms with Gasteiger partial charge >= 0.3 is 11.8 Å². The summed E-state index contributed by atoms with van der Waals surface area (Å²) in [5, 5.41) is 27.3. The fourth-order valence-corrected chi connectivity index (χ4v) is 3.55. The van der Waals surface area contributed by atoms with Crippen molar-refractivity contribution in [2.45, 2.75) is 13.8 Å². The minimum Gasteiger partial charge on any atom is -0.504 e. The van der Waals surface area contributed by atoms with E-state index in [1.807, 2.05) is 45.2 Å². The lowest BCUT2D eigenvalue weighted by Crippen LogP contribution is -2.35. The predicted octanol–water partition coefficient (Wildman–Crippen LogP) is 2.70. The third-order valence-electron chi connectivity index (χ3n) is 3.67. The summed E-state index contributed by atoms with van der Waals surface area (Å²) in [5.41, 5.74) is 5.30. The standard InChI is InChI=1S/C20H20I2N4O6/c1-3-31-15-7-11(5-13(21)17(15)27)9-23-25-19(29)20(30)26-24-10-12-6-14(22)18(28)16(8-12)32-4-2/h5-10,27-28H,3-4H2,1-2H3,(H,25,29)(H,26,30)/b23-9+,24-10+. The molecule has 0 unspecified atom stereocenters. The number of halogens is 2. The molecule has 10 nitrogen and oxygen atoms in total. The highest BCUT2D eigenvalue weighted by Crippen LogP contribution is 2.33. The van der Waals surface area contributed by atoms with Gasteiger partial charge in [0.05, 0.1) is 32.8 Å². The molecule has 2 amide bonds. The summed E-state index contributed by atoms with van der Waals surface area (Å²) >= 11 is 3.88. The van der Waals surface area contributed by atoms with Gasteiger partial charge in [0, 0.05) is 0 Å². The number of phenols is 2. The molecule has 0 saturated heterocycles. The SMILES string of the molecule is CCOc1cc(/C=N/NC(=O)C(=O)N/N=C/c2cc(I)c(O)c(OCC)c2)cc(I)c1O. The molecular formula is C20H20I2N4O6. The number of hydrazone groups is 2. The molecule has 12 heteroatoms. The zero-order valence-electron chi connectivity index (χ0n) is 17.1. The van der Waals surface area contributed by atoms with E-state index >= 15 is 0 Å². The van der Waals surface area contributed by atoms with Crippen molar-refractivity contribution in [2.75, 3.05) is 13.2 Å². The molecule has 2 aromatic rings. The van der Waals surface area contributed by atoms with Crippen molar-refractivity contribution in [1.82, 2.24) is 10.9 Å². The quantitative estimate of drug-likeness (QED) is 0.148. The van der Waals surface area contributed by atoms with E-state index in [2.05, 4.69) is 21.1 Å². The molecule has 0 fully saturated rings. The Morgan fingerprint density at radius 3 is 1.56 bits per heavy atom. The second-order valence-corrected chi connectivity index (χ2v) is 8.29. The molecule has 2 rings (SSSR count). The third-order valence-corrected chi connectivity index (χ3v) is 5.31. The van der Waals surface area contributed by atoms with E-state index in [4.69, 9.17) is 9.47 Å². The van der Waals surface area contributed by atoms with Crippen LogP contribution in [0.15, 0.2) is 34.5 Å². The Hall–Kier alpha value is -2.62. The molecule has 0 atom stereocenters. The first-order chi connectivity index (χ1) is 15.3. The van der Waals surface area contributed by atoms with Gasteiger partial charge in [0.15, 0.2) is 23.0 Å². The van der Waals surface area contributed by atoms with Crippen molar-refractivity contribution in [3.05, 3.63) is 42.5 Å². The molecule has 0 radical (unpaired) electrons. The number of amides is 2. The average molecular weight is 666 g/mol. The zero-order chi connectivity index (χ0) is 23.7. The fraction of sp³-hybridized carbons (Fsp3) is 0.200. The molecule has 0 bridgehead atoms. The molecule has 0 heterocycles. The fourth-order valence-electron chi connectivity index (χ4n) is 2.30. The minimum absolute atomic E-state index is 0.0163. The van der Waals surface area contributed by atoms with Gasteiger partial charge in [-0.2, -0.15) is 10.2 Å². The van der Waals surface area contributed by atoms with Crippen molar-refractivity contribution in [3.8, 4) is 23.0 Å². The first-order valence-corrected chi connectivity index (χ1v) is 11.4. The highest BCUT2D eigenvalue weighted by Gasteiger charge is 2.12. The summed E-state index contributed by atoms with van der Waals surface area (Å²) in [6.07, 6.45) is 2.62. The number of nitrogens with one attached hydrogen (secondary N) is 2. The molecule has 4 N–H and O–H groups in total. The normalized spacial score (nSPS) is 11.0. The first-order valence-electron chi connectivity index (χ1n) is 9.23. The maximum atomic E-state index is 11.9. The number of carbonyl (C=O) groups is 2. The van der Waals surface area contributed by atoms with E-state index in [1.165, 1.54) is 12.4 Å². The van der Waals surface area contributed by atoms with Crippen LogP contribution in [0.3, 0.4) is 0 Å². The van der Waals surface area contributed by atoms with Crippen LogP contribution >= 0.6 is 45.2 Å². The Kier molecular flexibility index (Phi) is 9.96. The number of carbonyl (C=O) groups excluding carboxylic acids is 2. The van der Waals surface area contributed by atoms with Gasteiger partial charge in [-0.25, -0.2) is 10.9 Å². The second-order valence-electron chi connectivity index (χ2n) is 5.96. The number of hydrogen-bond donors (Lipinski definition) is 4. The number of rotatable bonds is 8. The van der Waals surface area contributed by atoms with Gasteiger partial charge in [-0.15, -0.1) is 0 Å². The molecule has 0 saturated carbocycles. The molecule has 2 aromatic carbocycles. The summed E-state index contributed by atoms with van der Waals surface area (Å²) in [6, 6.07) is 6.37. The van der Waals surface area contributed by atoms with Crippen LogP contribution in [0.25, 0.3) is 0 Å². The van der Waals surface area contributed by atoms with Crippen LogP contribution in [0, 0.1) is 7.14 Å². The highest BCUT2D eigenvalue weighted by atomic mass is 127. The Balaban J connectivity index is 1.96. The molecule has 0 spiro atoms. The van der Waals surface area contributed by atoms with Crippen molar-refractivity contribution < 1.29 is 29.3 Å². The van der Waals surface area contributed by atoms with Gasteiger partial charge in [0.25, 0.3) is 0 Å². The number of phenolic OH excluding ortho intramolecular Hbond substituents is 2. The van der Waals surface area contributed by atoms with E-state index in [9.17, 15) is 19.8 Å². The van der Waals surface area contributed by atoms with Gasteiger partial charge in [0.2, 0.25) is 0 Å². The van der Waals surface area contributed by atoms with Crippen LogP contribution in [0.5, 0.6) is 23.0 Å². The topological polar surface area (TPSA) is 142 Å². The van der Waals surface area contributed by atoms with Gasteiger partial charge < -0.3 is 19.7 Å².